The first kappa shape index (κ1) is 15.9. The Morgan fingerprint density at radius 1 is 1.00 bits per heavy atom. The number of hydrazine groups is 1. The molecule has 0 aliphatic rings. The van der Waals surface area contributed by atoms with Crippen LogP contribution >= 0.6 is 0 Å². The minimum absolute atomic E-state index is 0.147. The summed E-state index contributed by atoms with van der Waals surface area (Å²) in [6.07, 6.45) is 2.51. The van der Waals surface area contributed by atoms with Gasteiger partial charge in [-0.2, -0.15) is 0 Å². The normalized spacial score (nSPS) is 11.5. The molecular weight excluding hydrogens is 300 g/mol. The van der Waals surface area contributed by atoms with Crippen LogP contribution in [0.15, 0.2) is 71.8 Å². The number of rotatable bonds is 6. The average molecular weight is 316 g/mol. The summed E-state index contributed by atoms with van der Waals surface area (Å²) in [5.41, 5.74) is 3.90. The lowest BCUT2D eigenvalue weighted by atomic mass is 10.1. The molecule has 2 aromatic carbocycles. The van der Waals surface area contributed by atoms with Gasteiger partial charge in [0, 0.05) is 17.8 Å². The molecular formula is C16H16N2O3S. The molecule has 22 heavy (non-hydrogen) atoms. The van der Waals surface area contributed by atoms with E-state index in [0.717, 1.165) is 5.56 Å². The summed E-state index contributed by atoms with van der Waals surface area (Å²) in [5, 5.41) is 0. The Morgan fingerprint density at radius 2 is 1.64 bits per heavy atom. The maximum atomic E-state index is 12.0. The van der Waals surface area contributed by atoms with Crippen LogP contribution in [0.1, 0.15) is 15.9 Å². The largest absolute Gasteiger partial charge is 0.315 e. The highest BCUT2D eigenvalue weighted by Crippen LogP contribution is 2.08. The van der Waals surface area contributed by atoms with Gasteiger partial charge in [-0.15, -0.1) is 4.83 Å². The number of carbonyl (C=O) groups is 1. The number of hydrogen-bond donors (Lipinski definition) is 2. The molecule has 0 atom stereocenters. The average Bonchev–Trinajstić information content (AvgIpc) is 2.52. The monoisotopic (exact) mass is 316 g/mol. The lowest BCUT2D eigenvalue weighted by Gasteiger charge is -2.06. The minimum Gasteiger partial charge on any atom is -0.315 e. The fourth-order valence-corrected chi connectivity index (χ4v) is 2.54. The van der Waals surface area contributed by atoms with Crippen LogP contribution in [0, 0.1) is 6.92 Å². The number of carbonyl (C=O) groups excluding carboxylic acids is 1. The van der Waals surface area contributed by atoms with Crippen molar-refractivity contribution in [3.63, 3.8) is 0 Å². The Hall–Kier alpha value is -2.44. The quantitative estimate of drug-likeness (QED) is 0.486. The number of allylic oxidation sites excluding steroid dienone is 1. The van der Waals surface area contributed by atoms with Gasteiger partial charge in [0.15, 0.2) is 5.78 Å². The van der Waals surface area contributed by atoms with Gasteiger partial charge in [-0.05, 0) is 19.1 Å². The molecule has 0 amide bonds. The fraction of sp³-hybridized carbons (Fsp3) is 0.0625. The number of hydrogen-bond acceptors (Lipinski definition) is 4. The topological polar surface area (TPSA) is 75.3 Å². The van der Waals surface area contributed by atoms with Crippen LogP contribution in [-0.2, 0) is 10.0 Å². The zero-order chi connectivity index (χ0) is 16.0. The minimum atomic E-state index is -3.66. The van der Waals surface area contributed by atoms with Gasteiger partial charge in [0.05, 0.1) is 4.90 Å². The first-order chi connectivity index (χ1) is 10.5. The molecule has 0 heterocycles. The van der Waals surface area contributed by atoms with Gasteiger partial charge in [0.2, 0.25) is 0 Å². The molecule has 0 aliphatic carbocycles. The molecule has 0 saturated carbocycles. The first-order valence-electron chi connectivity index (χ1n) is 6.59. The summed E-state index contributed by atoms with van der Waals surface area (Å²) < 4.78 is 23.9. The highest BCUT2D eigenvalue weighted by Gasteiger charge is 2.11. The van der Waals surface area contributed by atoms with Crippen LogP contribution in [0.4, 0.5) is 0 Å². The van der Waals surface area contributed by atoms with E-state index in [1.54, 1.807) is 36.4 Å². The first-order valence-corrected chi connectivity index (χ1v) is 8.07. The second-order valence-electron chi connectivity index (χ2n) is 4.63. The van der Waals surface area contributed by atoms with Gasteiger partial charge >= 0.3 is 0 Å². The summed E-state index contributed by atoms with van der Waals surface area (Å²) in [5.74, 6) is -0.220. The van der Waals surface area contributed by atoms with E-state index in [1.807, 2.05) is 13.0 Å². The second kappa shape index (κ2) is 7.02. The zero-order valence-electron chi connectivity index (χ0n) is 12.0. The third-order valence-corrected chi connectivity index (χ3v) is 4.18. The van der Waals surface area contributed by atoms with Crippen molar-refractivity contribution in [2.45, 2.75) is 11.8 Å². The molecule has 0 saturated heterocycles. The summed E-state index contributed by atoms with van der Waals surface area (Å²) in [4.78, 5) is 14.1. The summed E-state index contributed by atoms with van der Waals surface area (Å²) in [7, 11) is -3.66. The Labute approximate surface area is 129 Å². The lowest BCUT2D eigenvalue weighted by Crippen LogP contribution is -2.33. The highest BCUT2D eigenvalue weighted by molar-refractivity contribution is 7.89. The molecule has 0 aliphatic heterocycles. The smallest absolute Gasteiger partial charge is 0.257 e. The molecule has 0 spiro atoms. The number of sulfonamides is 1. The molecule has 0 unspecified atom stereocenters. The number of benzene rings is 2. The third-order valence-electron chi connectivity index (χ3n) is 2.90. The standard InChI is InChI=1S/C16H16N2O3S/c1-13-7-9-15(10-8-13)22(20,21)18-17-12-11-16(19)14-5-3-2-4-6-14/h2-12,17-18H,1H3/b12-11-. The number of aryl methyl sites for hydroxylation is 1. The summed E-state index contributed by atoms with van der Waals surface area (Å²) >= 11 is 0. The molecule has 0 fully saturated rings. The van der Waals surface area contributed by atoms with Gasteiger partial charge < -0.3 is 5.43 Å². The molecule has 5 nitrogen and oxygen atoms in total. The van der Waals surface area contributed by atoms with Gasteiger partial charge in [0.1, 0.15) is 0 Å². The Morgan fingerprint density at radius 3 is 2.27 bits per heavy atom. The molecule has 0 radical (unpaired) electrons. The molecule has 2 rings (SSSR count). The van der Waals surface area contributed by atoms with Crippen molar-refractivity contribution in [1.29, 1.82) is 0 Å². The van der Waals surface area contributed by atoms with E-state index in [1.165, 1.54) is 24.4 Å². The van der Waals surface area contributed by atoms with Gasteiger partial charge in [-0.1, -0.05) is 48.0 Å². The van der Waals surface area contributed by atoms with E-state index >= 15 is 0 Å². The van der Waals surface area contributed by atoms with E-state index in [0.29, 0.717) is 5.56 Å². The van der Waals surface area contributed by atoms with Crippen molar-refractivity contribution in [2.24, 2.45) is 0 Å². The van der Waals surface area contributed by atoms with Crippen LogP contribution in [0.3, 0.4) is 0 Å². The molecule has 0 bridgehead atoms. The van der Waals surface area contributed by atoms with E-state index in [9.17, 15) is 13.2 Å². The van der Waals surface area contributed by atoms with Crippen molar-refractivity contribution in [2.75, 3.05) is 0 Å². The number of ketones is 1. The SMILES string of the molecule is Cc1ccc(S(=O)(=O)NN/C=C\C(=O)c2ccccc2)cc1. The van der Waals surface area contributed by atoms with E-state index in [4.69, 9.17) is 0 Å². The summed E-state index contributed by atoms with van der Waals surface area (Å²) in [6.45, 7) is 1.88. The van der Waals surface area contributed by atoms with Crippen LogP contribution in [0.25, 0.3) is 0 Å². The Kier molecular flexibility index (Phi) is 5.08. The highest BCUT2D eigenvalue weighted by atomic mass is 32.2. The predicted octanol–water partition coefficient (Wildman–Crippen LogP) is 2.17. The van der Waals surface area contributed by atoms with Crippen molar-refractivity contribution in [1.82, 2.24) is 10.3 Å². The van der Waals surface area contributed by atoms with Gasteiger partial charge in [-0.25, -0.2) is 8.42 Å². The van der Waals surface area contributed by atoms with Crippen LogP contribution in [0.2, 0.25) is 0 Å². The second-order valence-corrected chi connectivity index (χ2v) is 6.31. The third kappa shape index (κ3) is 4.28. The molecule has 6 heteroatoms. The predicted molar refractivity (Wildman–Crippen MR) is 84.5 cm³/mol. The fourth-order valence-electron chi connectivity index (χ4n) is 1.70. The van der Waals surface area contributed by atoms with Crippen LogP contribution in [-0.4, -0.2) is 14.2 Å². The van der Waals surface area contributed by atoms with Crippen molar-refractivity contribution < 1.29 is 13.2 Å². The molecule has 2 N–H and O–H groups in total. The van der Waals surface area contributed by atoms with Gasteiger partial charge in [0.25, 0.3) is 10.0 Å². The molecule has 2 aromatic rings. The number of nitrogens with one attached hydrogen (secondary N) is 2. The van der Waals surface area contributed by atoms with Crippen molar-refractivity contribution in [3.05, 3.63) is 78.0 Å². The summed E-state index contributed by atoms with van der Waals surface area (Å²) in [6, 6.07) is 15.1. The lowest BCUT2D eigenvalue weighted by molar-refractivity contribution is 0.104. The zero-order valence-corrected chi connectivity index (χ0v) is 12.8. The Bertz CT molecular complexity index is 767. The van der Waals surface area contributed by atoms with Crippen LogP contribution < -0.4 is 10.3 Å². The Balaban J connectivity index is 1.94. The van der Waals surface area contributed by atoms with Crippen molar-refractivity contribution in [3.8, 4) is 0 Å². The van der Waals surface area contributed by atoms with Gasteiger partial charge in [-0.3, -0.25) is 4.79 Å². The molecule has 0 aromatic heterocycles. The van der Waals surface area contributed by atoms with E-state index < -0.39 is 10.0 Å². The van der Waals surface area contributed by atoms with E-state index in [2.05, 4.69) is 10.3 Å². The van der Waals surface area contributed by atoms with Crippen LogP contribution in [0.5, 0.6) is 0 Å². The van der Waals surface area contributed by atoms with E-state index in [-0.39, 0.29) is 10.7 Å². The van der Waals surface area contributed by atoms with Crippen molar-refractivity contribution >= 4 is 15.8 Å². The maximum absolute atomic E-state index is 12.0. The molecule has 114 valence electrons. The maximum Gasteiger partial charge on any atom is 0.257 e.